The molecule has 1 atom stereocenters. The first kappa shape index (κ1) is 19.0. The zero-order valence-electron chi connectivity index (χ0n) is 14.0. The van der Waals surface area contributed by atoms with Crippen molar-refractivity contribution in [3.63, 3.8) is 0 Å². The Morgan fingerprint density at radius 2 is 1.56 bits per heavy atom. The summed E-state index contributed by atoms with van der Waals surface area (Å²) in [6.07, 6.45) is 0. The van der Waals surface area contributed by atoms with E-state index in [2.05, 4.69) is 18.6 Å². The van der Waals surface area contributed by atoms with E-state index >= 15 is 0 Å². The van der Waals surface area contributed by atoms with E-state index in [9.17, 15) is 18.5 Å². The van der Waals surface area contributed by atoms with Gasteiger partial charge in [-0.1, -0.05) is 38.1 Å². The molecule has 0 amide bonds. The van der Waals surface area contributed by atoms with Crippen LogP contribution in [0.4, 0.5) is 5.69 Å². The fourth-order valence-electron chi connectivity index (χ4n) is 2.28. The molecule has 0 aliphatic carbocycles. The predicted molar refractivity (Wildman–Crippen MR) is 95.7 cm³/mol. The van der Waals surface area contributed by atoms with Crippen molar-refractivity contribution in [1.29, 1.82) is 0 Å². The Bertz CT molecular complexity index is 831. The average Bonchev–Trinajstić information content (AvgIpc) is 2.60. The van der Waals surface area contributed by atoms with Gasteiger partial charge in [0, 0.05) is 24.7 Å². The molecule has 0 aliphatic heterocycles. The van der Waals surface area contributed by atoms with E-state index in [-0.39, 0.29) is 17.1 Å². The number of nitro benzene ring substituents is 1. The van der Waals surface area contributed by atoms with Crippen molar-refractivity contribution in [2.24, 2.45) is 5.73 Å². The van der Waals surface area contributed by atoms with E-state index < -0.39 is 21.0 Å². The fourth-order valence-corrected chi connectivity index (χ4v) is 3.34. The van der Waals surface area contributed by atoms with Gasteiger partial charge < -0.3 is 5.73 Å². The molecule has 2 aromatic carbocycles. The number of non-ortho nitro benzene ring substituents is 1. The maximum atomic E-state index is 12.3. The van der Waals surface area contributed by atoms with Crippen molar-refractivity contribution in [3.05, 3.63) is 69.8 Å². The van der Waals surface area contributed by atoms with Gasteiger partial charge in [0.2, 0.25) is 10.0 Å². The Morgan fingerprint density at radius 1 is 1.04 bits per heavy atom. The van der Waals surface area contributed by atoms with Gasteiger partial charge in [-0.05, 0) is 29.2 Å². The number of rotatable bonds is 7. The van der Waals surface area contributed by atoms with E-state index in [1.54, 1.807) is 0 Å². The zero-order chi connectivity index (χ0) is 18.6. The van der Waals surface area contributed by atoms with Gasteiger partial charge >= 0.3 is 0 Å². The highest BCUT2D eigenvalue weighted by atomic mass is 32.2. The molecule has 1 unspecified atom stereocenters. The topological polar surface area (TPSA) is 115 Å². The van der Waals surface area contributed by atoms with Gasteiger partial charge in [0.15, 0.2) is 0 Å². The highest BCUT2D eigenvalue weighted by Gasteiger charge is 2.17. The number of hydrogen-bond donors (Lipinski definition) is 2. The quantitative estimate of drug-likeness (QED) is 0.579. The maximum absolute atomic E-state index is 12.3. The molecule has 2 aromatic rings. The Kier molecular flexibility index (Phi) is 5.89. The minimum atomic E-state index is -3.78. The lowest BCUT2D eigenvalue weighted by Crippen LogP contribution is -2.32. The van der Waals surface area contributed by atoms with Gasteiger partial charge in [0.1, 0.15) is 0 Å². The first-order chi connectivity index (χ1) is 11.7. The summed E-state index contributed by atoms with van der Waals surface area (Å²) in [5.74, 6) is 0.408. The van der Waals surface area contributed by atoms with Crippen LogP contribution in [-0.2, 0) is 10.0 Å². The molecule has 0 aliphatic rings. The van der Waals surface area contributed by atoms with Gasteiger partial charge in [-0.15, -0.1) is 0 Å². The van der Waals surface area contributed by atoms with Crippen LogP contribution < -0.4 is 10.5 Å². The minimum Gasteiger partial charge on any atom is -0.323 e. The maximum Gasteiger partial charge on any atom is 0.269 e. The SMILES string of the molecule is CC(C)c1ccc(C(N)CNS(=O)(=O)c2ccc([N+](=O)[O-])cc2)cc1. The lowest BCUT2D eigenvalue weighted by molar-refractivity contribution is -0.384. The lowest BCUT2D eigenvalue weighted by Gasteiger charge is -2.15. The van der Waals surface area contributed by atoms with E-state index in [1.165, 1.54) is 17.7 Å². The molecule has 8 heteroatoms. The third-order valence-corrected chi connectivity index (χ3v) is 5.32. The number of nitro groups is 1. The highest BCUT2D eigenvalue weighted by Crippen LogP contribution is 2.19. The van der Waals surface area contributed by atoms with Crippen LogP contribution in [-0.4, -0.2) is 19.9 Å². The number of nitrogens with one attached hydrogen (secondary N) is 1. The predicted octanol–water partition coefficient (Wildman–Crippen LogP) is 2.70. The molecule has 0 fully saturated rings. The summed E-state index contributed by atoms with van der Waals surface area (Å²) >= 11 is 0. The summed E-state index contributed by atoms with van der Waals surface area (Å²) in [6, 6.07) is 11.9. The first-order valence-corrected chi connectivity index (χ1v) is 9.28. The molecule has 0 aromatic heterocycles. The summed E-state index contributed by atoms with van der Waals surface area (Å²) in [5.41, 5.74) is 7.90. The third-order valence-electron chi connectivity index (χ3n) is 3.88. The number of nitrogens with two attached hydrogens (primary N) is 1. The van der Waals surface area contributed by atoms with Gasteiger partial charge in [-0.25, -0.2) is 13.1 Å². The highest BCUT2D eigenvalue weighted by molar-refractivity contribution is 7.89. The van der Waals surface area contributed by atoms with E-state index in [1.807, 2.05) is 24.3 Å². The molecule has 0 saturated heterocycles. The van der Waals surface area contributed by atoms with Gasteiger partial charge in [0.05, 0.1) is 9.82 Å². The molecule has 2 rings (SSSR count). The molecular formula is C17H21N3O4S. The molecule has 0 radical (unpaired) electrons. The smallest absolute Gasteiger partial charge is 0.269 e. The largest absolute Gasteiger partial charge is 0.323 e. The summed E-state index contributed by atoms with van der Waals surface area (Å²) in [5, 5.41) is 10.6. The summed E-state index contributed by atoms with van der Waals surface area (Å²) in [4.78, 5) is 10.00. The first-order valence-electron chi connectivity index (χ1n) is 7.80. The second-order valence-corrected chi connectivity index (χ2v) is 7.80. The molecular weight excluding hydrogens is 342 g/mol. The van der Waals surface area contributed by atoms with Crippen molar-refractivity contribution >= 4 is 15.7 Å². The van der Waals surface area contributed by atoms with E-state index in [0.29, 0.717) is 5.92 Å². The summed E-state index contributed by atoms with van der Waals surface area (Å²) in [6.45, 7) is 4.21. The summed E-state index contributed by atoms with van der Waals surface area (Å²) < 4.78 is 26.9. The van der Waals surface area contributed by atoms with Crippen LogP contribution in [0.1, 0.15) is 36.9 Å². The second kappa shape index (κ2) is 7.73. The van der Waals surface area contributed by atoms with Crippen LogP contribution in [0.3, 0.4) is 0 Å². The lowest BCUT2D eigenvalue weighted by atomic mass is 9.99. The molecule has 7 nitrogen and oxygen atoms in total. The Labute approximate surface area is 147 Å². The summed E-state index contributed by atoms with van der Waals surface area (Å²) in [7, 11) is -3.78. The van der Waals surface area contributed by atoms with Crippen LogP contribution >= 0.6 is 0 Å². The van der Waals surface area contributed by atoms with Crippen molar-refractivity contribution in [2.45, 2.75) is 30.7 Å². The molecule has 3 N–H and O–H groups in total. The number of hydrogen-bond acceptors (Lipinski definition) is 5. The Balaban J connectivity index is 2.04. The van der Waals surface area contributed by atoms with E-state index in [0.717, 1.165) is 17.7 Å². The second-order valence-electron chi connectivity index (χ2n) is 6.03. The standard InChI is InChI=1S/C17H21N3O4S/c1-12(2)13-3-5-14(6-4-13)17(18)11-19-25(23,24)16-9-7-15(8-10-16)20(21)22/h3-10,12,17,19H,11,18H2,1-2H3. The van der Waals surface area contributed by atoms with Gasteiger partial charge in [-0.3, -0.25) is 10.1 Å². The average molecular weight is 363 g/mol. The van der Waals surface area contributed by atoms with Gasteiger partial charge in [-0.2, -0.15) is 0 Å². The van der Waals surface area contributed by atoms with Crippen LogP contribution in [0.15, 0.2) is 53.4 Å². The third kappa shape index (κ3) is 4.85. The number of sulfonamides is 1. The van der Waals surface area contributed by atoms with Crippen molar-refractivity contribution in [1.82, 2.24) is 4.72 Å². The molecule has 134 valence electrons. The molecule has 25 heavy (non-hydrogen) atoms. The molecule has 0 spiro atoms. The van der Waals surface area contributed by atoms with Crippen molar-refractivity contribution < 1.29 is 13.3 Å². The number of benzene rings is 2. The van der Waals surface area contributed by atoms with Gasteiger partial charge in [0.25, 0.3) is 5.69 Å². The Morgan fingerprint density at radius 3 is 2.04 bits per heavy atom. The minimum absolute atomic E-state index is 0.0281. The fraction of sp³-hybridized carbons (Fsp3) is 0.294. The normalized spacial score (nSPS) is 13.0. The molecule has 0 saturated carbocycles. The van der Waals surface area contributed by atoms with Crippen LogP contribution in [0, 0.1) is 10.1 Å². The molecule has 0 heterocycles. The van der Waals surface area contributed by atoms with Crippen molar-refractivity contribution in [3.8, 4) is 0 Å². The van der Waals surface area contributed by atoms with Crippen LogP contribution in [0.2, 0.25) is 0 Å². The molecule has 0 bridgehead atoms. The van der Waals surface area contributed by atoms with Crippen molar-refractivity contribution in [2.75, 3.05) is 6.54 Å². The zero-order valence-corrected chi connectivity index (χ0v) is 14.9. The van der Waals surface area contributed by atoms with Crippen LogP contribution in [0.5, 0.6) is 0 Å². The van der Waals surface area contributed by atoms with E-state index in [4.69, 9.17) is 5.73 Å². The number of nitrogens with zero attached hydrogens (tertiary/aromatic N) is 1. The monoisotopic (exact) mass is 363 g/mol. The van der Waals surface area contributed by atoms with Crippen LogP contribution in [0.25, 0.3) is 0 Å². The Hall–Kier alpha value is -2.29.